The lowest BCUT2D eigenvalue weighted by atomic mass is 9.94. The summed E-state index contributed by atoms with van der Waals surface area (Å²) in [6.07, 6.45) is 5.12. The van der Waals surface area contributed by atoms with Gasteiger partial charge in [-0.05, 0) is 55.5 Å². The molecule has 0 radical (unpaired) electrons. The molecule has 1 aliphatic rings. The summed E-state index contributed by atoms with van der Waals surface area (Å²) in [5.41, 5.74) is 2.70. The predicted molar refractivity (Wildman–Crippen MR) is 88.7 cm³/mol. The van der Waals surface area contributed by atoms with Crippen molar-refractivity contribution in [1.82, 2.24) is 5.32 Å². The van der Waals surface area contributed by atoms with Gasteiger partial charge in [-0.3, -0.25) is 0 Å². The van der Waals surface area contributed by atoms with Crippen LogP contribution in [0.2, 0.25) is 5.02 Å². The van der Waals surface area contributed by atoms with E-state index in [2.05, 4.69) is 36.2 Å². The zero-order valence-corrected chi connectivity index (χ0v) is 13.5. The average molecular weight is 295 g/mol. The van der Waals surface area contributed by atoms with Crippen LogP contribution in [0.15, 0.2) is 18.2 Å². The predicted octanol–water partition coefficient (Wildman–Crippen LogP) is 4.47. The molecule has 0 aliphatic carbocycles. The van der Waals surface area contributed by atoms with Gasteiger partial charge in [0.1, 0.15) is 0 Å². The molecule has 1 saturated heterocycles. The van der Waals surface area contributed by atoms with Crippen molar-refractivity contribution < 1.29 is 0 Å². The van der Waals surface area contributed by atoms with Crippen molar-refractivity contribution in [2.75, 3.05) is 24.5 Å². The fourth-order valence-corrected chi connectivity index (χ4v) is 3.18. The van der Waals surface area contributed by atoms with E-state index in [4.69, 9.17) is 11.6 Å². The molecule has 0 aromatic heterocycles. The second kappa shape index (κ2) is 7.90. The number of hydrogen-bond donors (Lipinski definition) is 1. The molecule has 1 fully saturated rings. The van der Waals surface area contributed by atoms with Gasteiger partial charge in [0.25, 0.3) is 0 Å². The van der Waals surface area contributed by atoms with E-state index in [-0.39, 0.29) is 0 Å². The summed E-state index contributed by atoms with van der Waals surface area (Å²) in [7, 11) is 0. The number of rotatable bonds is 6. The van der Waals surface area contributed by atoms with E-state index in [9.17, 15) is 0 Å². The highest BCUT2D eigenvalue weighted by Crippen LogP contribution is 2.29. The third-order valence-electron chi connectivity index (χ3n) is 4.32. The molecular formula is C17H27ClN2. The molecule has 0 atom stereocenters. The summed E-state index contributed by atoms with van der Waals surface area (Å²) in [6, 6.07) is 6.33. The number of nitrogens with zero attached hydrogens (tertiary/aromatic N) is 1. The van der Waals surface area contributed by atoms with E-state index >= 15 is 0 Å². The van der Waals surface area contributed by atoms with Crippen LogP contribution in [0, 0.1) is 5.92 Å². The smallest absolute Gasteiger partial charge is 0.0412 e. The summed E-state index contributed by atoms with van der Waals surface area (Å²) >= 11 is 6.17. The Balaban J connectivity index is 2.06. The summed E-state index contributed by atoms with van der Waals surface area (Å²) in [5, 5.41) is 4.33. The van der Waals surface area contributed by atoms with Crippen molar-refractivity contribution in [1.29, 1.82) is 0 Å². The van der Waals surface area contributed by atoms with Crippen LogP contribution in [0.25, 0.3) is 0 Å². The first-order valence-electron chi connectivity index (χ1n) is 7.98. The monoisotopic (exact) mass is 294 g/mol. The van der Waals surface area contributed by atoms with Crippen LogP contribution in [-0.4, -0.2) is 19.6 Å². The maximum absolute atomic E-state index is 6.17. The van der Waals surface area contributed by atoms with Gasteiger partial charge < -0.3 is 10.2 Å². The quantitative estimate of drug-likeness (QED) is 0.779. The summed E-state index contributed by atoms with van der Waals surface area (Å²) < 4.78 is 0. The first kappa shape index (κ1) is 15.7. The van der Waals surface area contributed by atoms with Crippen LogP contribution in [-0.2, 0) is 6.54 Å². The van der Waals surface area contributed by atoms with Crippen molar-refractivity contribution in [2.45, 2.75) is 46.1 Å². The van der Waals surface area contributed by atoms with Gasteiger partial charge in [0, 0.05) is 30.3 Å². The highest BCUT2D eigenvalue weighted by Gasteiger charge is 2.19. The fraction of sp³-hybridized carbons (Fsp3) is 0.647. The Morgan fingerprint density at radius 2 is 2.00 bits per heavy atom. The Labute approximate surface area is 128 Å². The van der Waals surface area contributed by atoms with E-state index in [1.165, 1.54) is 43.6 Å². The Morgan fingerprint density at radius 1 is 1.25 bits per heavy atom. The third kappa shape index (κ3) is 4.13. The standard InChI is InChI=1S/C17H27ClN2/c1-3-9-19-13-15-12-16(18)5-6-17(15)20-10-7-14(4-2)8-11-20/h5-6,12,14,19H,3-4,7-11,13H2,1-2H3. The summed E-state index contributed by atoms with van der Waals surface area (Å²) in [6.45, 7) is 8.84. The van der Waals surface area contributed by atoms with E-state index in [1.807, 2.05) is 6.07 Å². The van der Waals surface area contributed by atoms with Crippen LogP contribution in [0.3, 0.4) is 0 Å². The van der Waals surface area contributed by atoms with E-state index < -0.39 is 0 Å². The second-order valence-corrected chi connectivity index (χ2v) is 6.22. The average Bonchev–Trinajstić information content (AvgIpc) is 2.48. The molecule has 0 spiro atoms. The van der Waals surface area contributed by atoms with Crippen LogP contribution >= 0.6 is 11.6 Å². The van der Waals surface area contributed by atoms with Gasteiger partial charge in [0.2, 0.25) is 0 Å². The Hall–Kier alpha value is -0.730. The Morgan fingerprint density at radius 3 is 2.65 bits per heavy atom. The third-order valence-corrected chi connectivity index (χ3v) is 4.55. The van der Waals surface area contributed by atoms with Gasteiger partial charge in [-0.25, -0.2) is 0 Å². The number of nitrogens with one attached hydrogen (secondary N) is 1. The van der Waals surface area contributed by atoms with Gasteiger partial charge in [-0.2, -0.15) is 0 Å². The molecule has 0 unspecified atom stereocenters. The van der Waals surface area contributed by atoms with Gasteiger partial charge in [-0.1, -0.05) is 31.9 Å². The van der Waals surface area contributed by atoms with Crippen molar-refractivity contribution in [2.24, 2.45) is 5.92 Å². The molecule has 2 rings (SSSR count). The molecule has 3 heteroatoms. The minimum atomic E-state index is 0.838. The van der Waals surface area contributed by atoms with Crippen LogP contribution in [0.1, 0.15) is 45.1 Å². The normalized spacial score (nSPS) is 16.6. The maximum atomic E-state index is 6.17. The second-order valence-electron chi connectivity index (χ2n) is 5.79. The van der Waals surface area contributed by atoms with E-state index in [0.717, 1.165) is 30.5 Å². The van der Waals surface area contributed by atoms with Crippen LogP contribution in [0.5, 0.6) is 0 Å². The molecule has 1 aliphatic heterocycles. The molecule has 1 N–H and O–H groups in total. The first-order valence-corrected chi connectivity index (χ1v) is 8.36. The topological polar surface area (TPSA) is 15.3 Å². The summed E-state index contributed by atoms with van der Waals surface area (Å²) in [4.78, 5) is 2.53. The number of hydrogen-bond acceptors (Lipinski definition) is 2. The number of piperidine rings is 1. The molecule has 0 amide bonds. The van der Waals surface area contributed by atoms with Gasteiger partial charge in [0.15, 0.2) is 0 Å². The highest BCUT2D eigenvalue weighted by molar-refractivity contribution is 6.30. The molecular weight excluding hydrogens is 268 g/mol. The van der Waals surface area contributed by atoms with Gasteiger partial charge >= 0.3 is 0 Å². The Kier molecular flexibility index (Phi) is 6.18. The van der Waals surface area contributed by atoms with Crippen molar-refractivity contribution in [3.05, 3.63) is 28.8 Å². The summed E-state index contributed by atoms with van der Waals surface area (Å²) in [5.74, 6) is 0.917. The lowest BCUT2D eigenvalue weighted by Crippen LogP contribution is -2.34. The molecule has 0 saturated carbocycles. The van der Waals surface area contributed by atoms with E-state index in [0.29, 0.717) is 0 Å². The molecule has 2 nitrogen and oxygen atoms in total. The van der Waals surface area contributed by atoms with Crippen molar-refractivity contribution in [3.63, 3.8) is 0 Å². The zero-order valence-electron chi connectivity index (χ0n) is 12.8. The molecule has 1 heterocycles. The number of halogens is 1. The van der Waals surface area contributed by atoms with Gasteiger partial charge in [-0.15, -0.1) is 0 Å². The van der Waals surface area contributed by atoms with Crippen LogP contribution < -0.4 is 10.2 Å². The lowest BCUT2D eigenvalue weighted by molar-refractivity contribution is 0.394. The lowest BCUT2D eigenvalue weighted by Gasteiger charge is -2.34. The first-order chi connectivity index (χ1) is 9.74. The largest absolute Gasteiger partial charge is 0.371 e. The Bertz CT molecular complexity index is 411. The number of anilines is 1. The van der Waals surface area contributed by atoms with Crippen LogP contribution in [0.4, 0.5) is 5.69 Å². The van der Waals surface area contributed by atoms with Crippen molar-refractivity contribution >= 4 is 17.3 Å². The molecule has 112 valence electrons. The minimum absolute atomic E-state index is 0.838. The number of benzene rings is 1. The SMILES string of the molecule is CCCNCc1cc(Cl)ccc1N1CCC(CC)CC1. The molecule has 0 bridgehead atoms. The van der Waals surface area contributed by atoms with Crippen molar-refractivity contribution in [3.8, 4) is 0 Å². The highest BCUT2D eigenvalue weighted by atomic mass is 35.5. The van der Waals surface area contributed by atoms with Gasteiger partial charge in [0.05, 0.1) is 0 Å². The maximum Gasteiger partial charge on any atom is 0.0412 e. The molecule has 1 aromatic carbocycles. The molecule has 20 heavy (non-hydrogen) atoms. The van der Waals surface area contributed by atoms with E-state index in [1.54, 1.807) is 0 Å². The minimum Gasteiger partial charge on any atom is -0.371 e. The molecule has 1 aromatic rings. The fourth-order valence-electron chi connectivity index (χ4n) is 2.99. The zero-order chi connectivity index (χ0) is 14.4.